The summed E-state index contributed by atoms with van der Waals surface area (Å²) in [5.74, 6) is -1.62. The van der Waals surface area contributed by atoms with Gasteiger partial charge in [-0.1, -0.05) is 30.3 Å². The average molecular weight is 312 g/mol. The summed E-state index contributed by atoms with van der Waals surface area (Å²) in [6.07, 6.45) is 1.21. The molecule has 0 saturated carbocycles. The van der Waals surface area contributed by atoms with E-state index in [2.05, 4.69) is 4.98 Å². The van der Waals surface area contributed by atoms with Crippen LogP contribution in [0.15, 0.2) is 48.5 Å². The van der Waals surface area contributed by atoms with Crippen molar-refractivity contribution in [3.63, 3.8) is 0 Å². The fourth-order valence-electron chi connectivity index (χ4n) is 2.13. The number of aliphatic carboxylic acids is 1. The molecule has 0 atom stereocenters. The Bertz CT molecular complexity index is 837. The molecule has 0 bridgehead atoms. The fourth-order valence-corrected chi connectivity index (χ4v) is 3.11. The van der Waals surface area contributed by atoms with Gasteiger partial charge in [0.05, 0.1) is 10.2 Å². The van der Waals surface area contributed by atoms with Gasteiger partial charge < -0.3 is 9.90 Å². The van der Waals surface area contributed by atoms with Crippen LogP contribution in [0.4, 0.5) is 4.39 Å². The number of carboxylic acid groups (broad SMARTS) is 1. The van der Waals surface area contributed by atoms with Crippen molar-refractivity contribution in [3.8, 4) is 0 Å². The molecule has 0 fully saturated rings. The van der Waals surface area contributed by atoms with E-state index in [4.69, 9.17) is 0 Å². The summed E-state index contributed by atoms with van der Waals surface area (Å²) in [6, 6.07) is 13.7. The SMILES string of the molecule is O=C([O-])C/C(=C\c1ccccc1F)c1nc2ccccc2s1. The number of carbonyl (C=O) groups is 1. The van der Waals surface area contributed by atoms with E-state index in [0.717, 1.165) is 10.2 Å². The zero-order valence-corrected chi connectivity index (χ0v) is 12.3. The quantitative estimate of drug-likeness (QED) is 0.744. The zero-order valence-electron chi connectivity index (χ0n) is 11.5. The van der Waals surface area contributed by atoms with Gasteiger partial charge >= 0.3 is 0 Å². The Morgan fingerprint density at radius 3 is 2.64 bits per heavy atom. The van der Waals surface area contributed by atoms with Crippen molar-refractivity contribution < 1.29 is 14.3 Å². The number of benzene rings is 2. The number of carbonyl (C=O) groups excluding carboxylic acids is 1. The summed E-state index contributed by atoms with van der Waals surface area (Å²) >= 11 is 1.38. The maximum Gasteiger partial charge on any atom is 0.130 e. The first-order chi connectivity index (χ1) is 10.6. The summed E-state index contributed by atoms with van der Waals surface area (Å²) in [4.78, 5) is 15.4. The number of rotatable bonds is 4. The maximum absolute atomic E-state index is 13.8. The third-order valence-corrected chi connectivity index (χ3v) is 4.25. The van der Waals surface area contributed by atoms with Crippen molar-refractivity contribution in [3.05, 3.63) is 64.9 Å². The second kappa shape index (κ2) is 6.07. The Balaban J connectivity index is 2.10. The van der Waals surface area contributed by atoms with E-state index in [1.807, 2.05) is 24.3 Å². The van der Waals surface area contributed by atoms with Gasteiger partial charge in [-0.3, -0.25) is 0 Å². The molecule has 1 aromatic heterocycles. The highest BCUT2D eigenvalue weighted by Crippen LogP contribution is 2.30. The van der Waals surface area contributed by atoms with Crippen molar-refractivity contribution in [2.75, 3.05) is 0 Å². The first-order valence-electron chi connectivity index (χ1n) is 6.64. The van der Waals surface area contributed by atoms with Gasteiger partial charge in [0.2, 0.25) is 0 Å². The molecule has 0 saturated heterocycles. The Morgan fingerprint density at radius 2 is 1.91 bits per heavy atom. The van der Waals surface area contributed by atoms with Crippen molar-refractivity contribution in [2.45, 2.75) is 6.42 Å². The zero-order chi connectivity index (χ0) is 15.5. The van der Waals surface area contributed by atoms with E-state index < -0.39 is 11.8 Å². The topological polar surface area (TPSA) is 53.0 Å². The molecule has 0 aliphatic rings. The number of aromatic nitrogens is 1. The summed E-state index contributed by atoms with van der Waals surface area (Å²) < 4.78 is 14.7. The summed E-state index contributed by atoms with van der Waals surface area (Å²) in [5.41, 5.74) is 1.56. The molecule has 3 nitrogen and oxygen atoms in total. The fraction of sp³-hybridized carbons (Fsp3) is 0.0588. The van der Waals surface area contributed by atoms with Gasteiger partial charge in [0, 0.05) is 18.0 Å². The third-order valence-electron chi connectivity index (χ3n) is 3.14. The molecule has 0 radical (unpaired) electrons. The standard InChI is InChI=1S/C17H12FNO2S/c18-13-6-2-1-5-11(13)9-12(10-16(20)21)17-19-14-7-3-4-8-15(14)22-17/h1-9H,10H2,(H,20,21)/p-1/b12-9+. The number of hydrogen-bond donors (Lipinski definition) is 0. The lowest BCUT2D eigenvalue weighted by Crippen LogP contribution is -2.22. The van der Waals surface area contributed by atoms with Gasteiger partial charge in [-0.15, -0.1) is 11.3 Å². The van der Waals surface area contributed by atoms with Crippen molar-refractivity contribution >= 4 is 39.2 Å². The molecule has 5 heteroatoms. The number of carboxylic acids is 1. The van der Waals surface area contributed by atoms with E-state index in [9.17, 15) is 14.3 Å². The van der Waals surface area contributed by atoms with E-state index >= 15 is 0 Å². The molecule has 22 heavy (non-hydrogen) atoms. The van der Waals surface area contributed by atoms with Crippen molar-refractivity contribution in [1.29, 1.82) is 0 Å². The first-order valence-corrected chi connectivity index (χ1v) is 7.46. The molecule has 0 spiro atoms. The molecule has 0 N–H and O–H groups in total. The third kappa shape index (κ3) is 3.04. The summed E-state index contributed by atoms with van der Waals surface area (Å²) in [6.45, 7) is 0. The number of para-hydroxylation sites is 1. The van der Waals surface area contributed by atoms with E-state index in [1.54, 1.807) is 18.2 Å². The maximum atomic E-state index is 13.8. The highest BCUT2D eigenvalue weighted by Gasteiger charge is 2.10. The monoisotopic (exact) mass is 312 g/mol. The van der Waals surface area contributed by atoms with Crippen molar-refractivity contribution in [1.82, 2.24) is 4.98 Å². The number of nitrogens with zero attached hydrogens (tertiary/aromatic N) is 1. The second-order valence-corrected chi connectivity index (χ2v) is 5.76. The lowest BCUT2D eigenvalue weighted by atomic mass is 10.1. The number of fused-ring (bicyclic) bond motifs is 1. The van der Waals surface area contributed by atoms with Crippen LogP contribution in [0.3, 0.4) is 0 Å². The summed E-state index contributed by atoms with van der Waals surface area (Å²) in [7, 11) is 0. The highest BCUT2D eigenvalue weighted by molar-refractivity contribution is 7.19. The van der Waals surface area contributed by atoms with Crippen LogP contribution in [0, 0.1) is 5.82 Å². The van der Waals surface area contributed by atoms with Gasteiger partial charge in [-0.05, 0) is 29.8 Å². The Labute approximate surface area is 130 Å². The smallest absolute Gasteiger partial charge is 0.130 e. The average Bonchev–Trinajstić information content (AvgIpc) is 2.92. The summed E-state index contributed by atoms with van der Waals surface area (Å²) in [5, 5.41) is 11.6. The first kappa shape index (κ1) is 14.4. The molecule has 110 valence electrons. The lowest BCUT2D eigenvalue weighted by Gasteiger charge is -2.06. The lowest BCUT2D eigenvalue weighted by molar-refractivity contribution is -0.304. The minimum absolute atomic E-state index is 0.311. The van der Waals surface area contributed by atoms with E-state index in [0.29, 0.717) is 16.1 Å². The molecule has 3 aromatic rings. The normalized spacial score (nSPS) is 11.8. The second-order valence-electron chi connectivity index (χ2n) is 4.73. The van der Waals surface area contributed by atoms with Gasteiger partial charge in [0.25, 0.3) is 0 Å². The van der Waals surface area contributed by atoms with E-state index in [-0.39, 0.29) is 6.42 Å². The minimum Gasteiger partial charge on any atom is -0.550 e. The van der Waals surface area contributed by atoms with Crippen LogP contribution < -0.4 is 5.11 Å². The van der Waals surface area contributed by atoms with Crippen molar-refractivity contribution in [2.24, 2.45) is 0 Å². The van der Waals surface area contributed by atoms with Crippen LogP contribution in [-0.2, 0) is 4.79 Å². The number of thiazole rings is 1. The van der Waals surface area contributed by atoms with Crippen LogP contribution in [0.1, 0.15) is 17.0 Å². The van der Waals surface area contributed by atoms with Gasteiger partial charge in [0.15, 0.2) is 0 Å². The molecule has 3 rings (SSSR count). The molecule has 0 aliphatic heterocycles. The minimum atomic E-state index is -1.22. The Hall–Kier alpha value is -2.53. The largest absolute Gasteiger partial charge is 0.550 e. The molecule has 0 amide bonds. The molecular formula is C17H11FNO2S-. The number of hydrogen-bond acceptors (Lipinski definition) is 4. The molecule has 2 aromatic carbocycles. The van der Waals surface area contributed by atoms with Crippen LogP contribution >= 0.6 is 11.3 Å². The van der Waals surface area contributed by atoms with Gasteiger partial charge in [-0.25, -0.2) is 9.37 Å². The van der Waals surface area contributed by atoms with Crippen LogP contribution in [-0.4, -0.2) is 11.0 Å². The highest BCUT2D eigenvalue weighted by atomic mass is 32.1. The Morgan fingerprint density at radius 1 is 1.18 bits per heavy atom. The molecular weight excluding hydrogens is 301 g/mol. The molecule has 0 aliphatic carbocycles. The molecule has 1 heterocycles. The van der Waals surface area contributed by atoms with Crippen LogP contribution in [0.25, 0.3) is 21.9 Å². The predicted octanol–water partition coefficient (Wildman–Crippen LogP) is 3.12. The van der Waals surface area contributed by atoms with Gasteiger partial charge in [0.1, 0.15) is 10.8 Å². The van der Waals surface area contributed by atoms with E-state index in [1.165, 1.54) is 23.5 Å². The molecule has 0 unspecified atom stereocenters. The Kier molecular flexibility index (Phi) is 3.98. The van der Waals surface area contributed by atoms with Crippen LogP contribution in [0.2, 0.25) is 0 Å². The van der Waals surface area contributed by atoms with Crippen LogP contribution in [0.5, 0.6) is 0 Å². The van der Waals surface area contributed by atoms with Gasteiger partial charge in [-0.2, -0.15) is 0 Å². The number of halogens is 1. The predicted molar refractivity (Wildman–Crippen MR) is 83.5 cm³/mol.